The monoisotopic (exact) mass is 95.1 g/mol. The molecule has 1 spiro atoms. The molecule has 7 heavy (non-hydrogen) atoms. The number of hydrogen-bond donors (Lipinski definition) is 1. The van der Waals surface area contributed by atoms with E-state index in [4.69, 9.17) is 0 Å². The molecule has 38 valence electrons. The molecule has 1 heterocycles. The standard InChI is InChI=1S/C6H9N/c1-2-6(3-4-6)7-5-1/h1-2,7H,3-5H2. The quantitative estimate of drug-likeness (QED) is 0.436. The predicted octanol–water partition coefficient (Wildman–Crippen LogP) is 0.678. The van der Waals surface area contributed by atoms with Gasteiger partial charge in [0.05, 0.1) is 0 Å². The predicted molar refractivity (Wildman–Crippen MR) is 29.1 cm³/mol. The molecule has 1 N–H and O–H groups in total. The summed E-state index contributed by atoms with van der Waals surface area (Å²) in [5.74, 6) is 0. The lowest BCUT2D eigenvalue weighted by molar-refractivity contribution is 0.671. The number of nitrogens with one attached hydrogen (secondary N) is 1. The van der Waals surface area contributed by atoms with Crippen LogP contribution in [0.5, 0.6) is 0 Å². The van der Waals surface area contributed by atoms with Crippen LogP contribution in [0.2, 0.25) is 0 Å². The molecule has 0 unspecified atom stereocenters. The molecule has 0 saturated heterocycles. The minimum absolute atomic E-state index is 0.514. The third-order valence-electron chi connectivity index (χ3n) is 1.80. The lowest BCUT2D eigenvalue weighted by atomic mass is 10.3. The summed E-state index contributed by atoms with van der Waals surface area (Å²) in [6.45, 7) is 1.10. The van der Waals surface area contributed by atoms with Gasteiger partial charge in [-0.1, -0.05) is 12.2 Å². The third kappa shape index (κ3) is 0.416. The maximum Gasteiger partial charge on any atom is 0.0368 e. The second-order valence-corrected chi connectivity index (χ2v) is 2.44. The van der Waals surface area contributed by atoms with E-state index in [2.05, 4.69) is 17.5 Å². The molecule has 0 aromatic heterocycles. The second-order valence-electron chi connectivity index (χ2n) is 2.44. The highest BCUT2D eigenvalue weighted by Gasteiger charge is 2.40. The highest BCUT2D eigenvalue weighted by Crippen LogP contribution is 2.38. The third-order valence-corrected chi connectivity index (χ3v) is 1.80. The fraction of sp³-hybridized carbons (Fsp3) is 0.667. The number of hydrogen-bond acceptors (Lipinski definition) is 1. The first kappa shape index (κ1) is 3.67. The Balaban J connectivity index is 2.22. The van der Waals surface area contributed by atoms with Crippen molar-refractivity contribution in [1.82, 2.24) is 5.32 Å². The van der Waals surface area contributed by atoms with Crippen molar-refractivity contribution >= 4 is 0 Å². The van der Waals surface area contributed by atoms with Gasteiger partial charge in [0.2, 0.25) is 0 Å². The van der Waals surface area contributed by atoms with Crippen molar-refractivity contribution in [2.45, 2.75) is 18.4 Å². The Bertz CT molecular complexity index is 111. The van der Waals surface area contributed by atoms with Crippen molar-refractivity contribution in [3.05, 3.63) is 12.2 Å². The van der Waals surface area contributed by atoms with Gasteiger partial charge in [0.1, 0.15) is 0 Å². The largest absolute Gasteiger partial charge is 0.304 e. The van der Waals surface area contributed by atoms with E-state index in [-0.39, 0.29) is 0 Å². The van der Waals surface area contributed by atoms with Gasteiger partial charge in [-0.25, -0.2) is 0 Å². The van der Waals surface area contributed by atoms with Crippen LogP contribution in [0.1, 0.15) is 12.8 Å². The lowest BCUT2D eigenvalue weighted by Crippen LogP contribution is -2.22. The molecule has 0 radical (unpaired) electrons. The summed E-state index contributed by atoms with van der Waals surface area (Å²) in [6, 6.07) is 0. The SMILES string of the molecule is C1=CC2(CC2)NC1. The average molecular weight is 95.1 g/mol. The van der Waals surface area contributed by atoms with Crippen LogP contribution in [-0.2, 0) is 0 Å². The summed E-state index contributed by atoms with van der Waals surface area (Å²) >= 11 is 0. The van der Waals surface area contributed by atoms with Crippen molar-refractivity contribution in [3.63, 3.8) is 0 Å². The van der Waals surface area contributed by atoms with Gasteiger partial charge < -0.3 is 5.32 Å². The van der Waals surface area contributed by atoms with Gasteiger partial charge in [-0.15, -0.1) is 0 Å². The molecule has 1 aliphatic carbocycles. The molecule has 1 fully saturated rings. The Morgan fingerprint density at radius 1 is 1.43 bits per heavy atom. The van der Waals surface area contributed by atoms with E-state index in [1.807, 2.05) is 0 Å². The van der Waals surface area contributed by atoms with Gasteiger partial charge in [0, 0.05) is 12.1 Å². The molecule has 0 aromatic carbocycles. The maximum atomic E-state index is 3.40. The average Bonchev–Trinajstić information content (AvgIpc) is 2.15. The summed E-state index contributed by atoms with van der Waals surface area (Å²) in [5, 5.41) is 3.40. The minimum atomic E-state index is 0.514. The molecule has 1 nitrogen and oxygen atoms in total. The highest BCUT2D eigenvalue weighted by molar-refractivity contribution is 5.22. The first-order valence-corrected chi connectivity index (χ1v) is 2.84. The van der Waals surface area contributed by atoms with Crippen LogP contribution >= 0.6 is 0 Å². The summed E-state index contributed by atoms with van der Waals surface area (Å²) in [5.41, 5.74) is 0.514. The van der Waals surface area contributed by atoms with Gasteiger partial charge >= 0.3 is 0 Å². The van der Waals surface area contributed by atoms with Crippen LogP contribution < -0.4 is 5.32 Å². The Morgan fingerprint density at radius 2 is 2.29 bits per heavy atom. The molecule has 0 atom stereocenters. The molecule has 0 aromatic rings. The minimum Gasteiger partial charge on any atom is -0.304 e. The highest BCUT2D eigenvalue weighted by atomic mass is 15.0. The van der Waals surface area contributed by atoms with Crippen molar-refractivity contribution < 1.29 is 0 Å². The topological polar surface area (TPSA) is 12.0 Å². The summed E-state index contributed by atoms with van der Waals surface area (Å²) in [6.07, 6.45) is 7.24. The fourth-order valence-corrected chi connectivity index (χ4v) is 1.08. The van der Waals surface area contributed by atoms with E-state index >= 15 is 0 Å². The van der Waals surface area contributed by atoms with Crippen LogP contribution in [0.3, 0.4) is 0 Å². The van der Waals surface area contributed by atoms with Crippen molar-refractivity contribution in [1.29, 1.82) is 0 Å². The Morgan fingerprint density at radius 3 is 2.57 bits per heavy atom. The van der Waals surface area contributed by atoms with Crippen LogP contribution in [0.4, 0.5) is 0 Å². The maximum absolute atomic E-state index is 3.40. The van der Waals surface area contributed by atoms with Gasteiger partial charge in [0.15, 0.2) is 0 Å². The van der Waals surface area contributed by atoms with E-state index < -0.39 is 0 Å². The number of rotatable bonds is 0. The first-order valence-electron chi connectivity index (χ1n) is 2.84. The molecular formula is C6H9N. The zero-order chi connectivity index (χ0) is 4.74. The Labute approximate surface area is 43.4 Å². The van der Waals surface area contributed by atoms with Gasteiger partial charge in [0.25, 0.3) is 0 Å². The van der Waals surface area contributed by atoms with Gasteiger partial charge in [-0.2, -0.15) is 0 Å². The Hall–Kier alpha value is -0.300. The lowest BCUT2D eigenvalue weighted by Gasteiger charge is -1.99. The Kier molecular flexibility index (Phi) is 0.482. The van der Waals surface area contributed by atoms with Crippen LogP contribution in [0.15, 0.2) is 12.2 Å². The molecular weight excluding hydrogens is 86.1 g/mol. The smallest absolute Gasteiger partial charge is 0.0368 e. The van der Waals surface area contributed by atoms with Crippen LogP contribution in [-0.4, -0.2) is 12.1 Å². The van der Waals surface area contributed by atoms with Gasteiger partial charge in [-0.3, -0.25) is 0 Å². The molecule has 2 rings (SSSR count). The summed E-state index contributed by atoms with van der Waals surface area (Å²) < 4.78 is 0. The molecule has 1 aliphatic heterocycles. The molecule has 0 bridgehead atoms. The van der Waals surface area contributed by atoms with Gasteiger partial charge in [-0.05, 0) is 12.8 Å². The van der Waals surface area contributed by atoms with E-state index in [1.54, 1.807) is 0 Å². The van der Waals surface area contributed by atoms with Crippen molar-refractivity contribution in [2.75, 3.05) is 6.54 Å². The van der Waals surface area contributed by atoms with Crippen LogP contribution in [0.25, 0.3) is 0 Å². The van der Waals surface area contributed by atoms with E-state index in [0.29, 0.717) is 5.54 Å². The van der Waals surface area contributed by atoms with Crippen LogP contribution in [0, 0.1) is 0 Å². The molecule has 2 aliphatic rings. The van der Waals surface area contributed by atoms with Crippen molar-refractivity contribution in [3.8, 4) is 0 Å². The second kappa shape index (κ2) is 0.920. The summed E-state index contributed by atoms with van der Waals surface area (Å²) in [4.78, 5) is 0. The zero-order valence-electron chi connectivity index (χ0n) is 4.28. The molecule has 1 saturated carbocycles. The summed E-state index contributed by atoms with van der Waals surface area (Å²) in [7, 11) is 0. The van der Waals surface area contributed by atoms with E-state index in [0.717, 1.165) is 6.54 Å². The first-order chi connectivity index (χ1) is 3.41. The fourth-order valence-electron chi connectivity index (χ4n) is 1.08. The normalized spacial score (nSPS) is 32.0. The van der Waals surface area contributed by atoms with E-state index in [9.17, 15) is 0 Å². The van der Waals surface area contributed by atoms with Crippen molar-refractivity contribution in [2.24, 2.45) is 0 Å². The van der Waals surface area contributed by atoms with E-state index in [1.165, 1.54) is 12.8 Å². The molecule has 0 amide bonds. The zero-order valence-corrected chi connectivity index (χ0v) is 4.28. The molecule has 1 heteroatoms.